The van der Waals surface area contributed by atoms with Crippen LogP contribution in [0.4, 0.5) is 5.69 Å². The van der Waals surface area contributed by atoms with E-state index in [0.717, 1.165) is 5.57 Å². The van der Waals surface area contributed by atoms with Crippen LogP contribution in [0.3, 0.4) is 0 Å². The Bertz CT molecular complexity index is 435. The van der Waals surface area contributed by atoms with Crippen molar-refractivity contribution in [2.75, 3.05) is 20.2 Å². The van der Waals surface area contributed by atoms with Crippen LogP contribution < -0.4 is 10.1 Å². The zero-order chi connectivity index (χ0) is 12.8. The van der Waals surface area contributed by atoms with E-state index in [1.54, 1.807) is 6.07 Å². The van der Waals surface area contributed by atoms with Gasteiger partial charge in [0, 0.05) is 12.6 Å². The van der Waals surface area contributed by atoms with Crippen LogP contribution >= 0.6 is 15.9 Å². The first kappa shape index (κ1) is 13.7. The van der Waals surface area contributed by atoms with Gasteiger partial charge in [-0.2, -0.15) is 0 Å². The molecule has 0 unspecified atom stereocenters. The highest BCUT2D eigenvalue weighted by atomic mass is 79.9. The molecule has 0 fully saturated rings. The molecule has 0 atom stereocenters. The van der Waals surface area contributed by atoms with Crippen LogP contribution in [0.15, 0.2) is 34.8 Å². The Kier molecular flexibility index (Phi) is 5.11. The maximum atomic E-state index is 10.6. The van der Waals surface area contributed by atoms with E-state index in [2.05, 4.69) is 27.8 Å². The number of hydrogen-bond donors (Lipinski definition) is 1. The Labute approximate surface area is 108 Å². The van der Waals surface area contributed by atoms with Gasteiger partial charge in [-0.05, 0) is 34.6 Å². The molecule has 0 aliphatic rings. The number of nitro benzene ring substituents is 1. The molecule has 92 valence electrons. The van der Waals surface area contributed by atoms with Crippen molar-refractivity contribution in [1.82, 2.24) is 5.32 Å². The molecule has 1 N–H and O–H groups in total. The zero-order valence-electron chi connectivity index (χ0n) is 9.40. The van der Waals surface area contributed by atoms with Gasteiger partial charge in [0.05, 0.1) is 15.5 Å². The predicted octanol–water partition coefficient (Wildman–Crippen LogP) is 2.51. The molecule has 1 aromatic rings. The van der Waals surface area contributed by atoms with Gasteiger partial charge >= 0.3 is 0 Å². The number of nitrogens with one attached hydrogen (secondary N) is 1. The Morgan fingerprint density at radius 3 is 2.94 bits per heavy atom. The molecule has 0 bridgehead atoms. The zero-order valence-corrected chi connectivity index (χ0v) is 11.0. The van der Waals surface area contributed by atoms with Crippen LogP contribution in [0.1, 0.15) is 0 Å². The minimum Gasteiger partial charge on any atom is -0.488 e. The molecule has 5 nitrogen and oxygen atoms in total. The van der Waals surface area contributed by atoms with Crippen LogP contribution in [0.5, 0.6) is 5.75 Å². The molecule has 0 saturated heterocycles. The standard InChI is InChI=1S/C11H13BrN2O3/c1-8(6-13-2)7-17-11-5-9(14(15)16)3-4-10(11)12/h3-5,13H,1,6-7H2,2H3. The number of non-ortho nitro benzene ring substituents is 1. The molecule has 0 aromatic heterocycles. The first-order valence-corrected chi connectivity index (χ1v) is 5.72. The molecule has 0 saturated carbocycles. The SMILES string of the molecule is C=C(CNC)COc1cc([N+](=O)[O-])ccc1Br. The van der Waals surface area contributed by atoms with Gasteiger partial charge in [0.15, 0.2) is 0 Å². The van der Waals surface area contributed by atoms with Gasteiger partial charge in [-0.15, -0.1) is 0 Å². The third-order valence-electron chi connectivity index (χ3n) is 1.98. The lowest BCUT2D eigenvalue weighted by atomic mass is 10.3. The predicted molar refractivity (Wildman–Crippen MR) is 69.4 cm³/mol. The lowest BCUT2D eigenvalue weighted by Crippen LogP contribution is -2.14. The third-order valence-corrected chi connectivity index (χ3v) is 2.64. The Hall–Kier alpha value is -1.40. The smallest absolute Gasteiger partial charge is 0.273 e. The number of rotatable bonds is 6. The summed E-state index contributed by atoms with van der Waals surface area (Å²) in [4.78, 5) is 10.2. The van der Waals surface area contributed by atoms with Crippen LogP contribution in [-0.2, 0) is 0 Å². The van der Waals surface area contributed by atoms with Gasteiger partial charge in [-0.25, -0.2) is 0 Å². The molecule has 0 aliphatic carbocycles. The lowest BCUT2D eigenvalue weighted by Gasteiger charge is -2.09. The van der Waals surface area contributed by atoms with Crippen molar-refractivity contribution in [2.45, 2.75) is 0 Å². The number of nitrogens with zero attached hydrogens (tertiary/aromatic N) is 1. The number of hydrogen-bond acceptors (Lipinski definition) is 4. The topological polar surface area (TPSA) is 64.4 Å². The minimum absolute atomic E-state index is 0.00225. The second-order valence-electron chi connectivity index (χ2n) is 3.44. The average Bonchev–Trinajstić information content (AvgIpc) is 2.28. The molecule has 1 rings (SSSR count). The van der Waals surface area contributed by atoms with E-state index < -0.39 is 4.92 Å². The number of benzene rings is 1. The summed E-state index contributed by atoms with van der Waals surface area (Å²) < 4.78 is 6.13. The van der Waals surface area contributed by atoms with Gasteiger partial charge in [0.2, 0.25) is 0 Å². The van der Waals surface area contributed by atoms with Crippen LogP contribution in [0.2, 0.25) is 0 Å². The molecule has 17 heavy (non-hydrogen) atoms. The molecule has 0 aliphatic heterocycles. The van der Waals surface area contributed by atoms with E-state index in [1.807, 2.05) is 7.05 Å². The number of likely N-dealkylation sites (N-methyl/N-ethyl adjacent to an activating group) is 1. The summed E-state index contributed by atoms with van der Waals surface area (Å²) in [5.74, 6) is 0.441. The summed E-state index contributed by atoms with van der Waals surface area (Å²) in [5.41, 5.74) is 0.869. The molecule has 0 heterocycles. The Balaban J connectivity index is 2.73. The molecule has 6 heteroatoms. The normalized spacial score (nSPS) is 10.0. The molecule has 0 amide bonds. The Morgan fingerprint density at radius 2 is 2.35 bits per heavy atom. The average molecular weight is 301 g/mol. The second-order valence-corrected chi connectivity index (χ2v) is 4.30. The van der Waals surface area contributed by atoms with Crippen molar-refractivity contribution in [1.29, 1.82) is 0 Å². The van der Waals surface area contributed by atoms with Crippen molar-refractivity contribution in [2.24, 2.45) is 0 Å². The number of nitro groups is 1. The third kappa shape index (κ3) is 4.16. The highest BCUT2D eigenvalue weighted by Crippen LogP contribution is 2.29. The summed E-state index contributed by atoms with van der Waals surface area (Å²) >= 11 is 3.28. The molecular formula is C11H13BrN2O3. The number of ether oxygens (including phenoxy) is 1. The fourth-order valence-corrected chi connectivity index (χ4v) is 1.56. The minimum atomic E-state index is -0.457. The highest BCUT2D eigenvalue weighted by molar-refractivity contribution is 9.10. The molecule has 0 spiro atoms. The van der Waals surface area contributed by atoms with Crippen molar-refractivity contribution in [3.05, 3.63) is 44.9 Å². The molecule has 0 radical (unpaired) electrons. The first-order chi connectivity index (χ1) is 8.04. The summed E-state index contributed by atoms with van der Waals surface area (Å²) in [7, 11) is 1.81. The maximum Gasteiger partial charge on any atom is 0.273 e. The van der Waals surface area contributed by atoms with Gasteiger partial charge in [0.25, 0.3) is 5.69 Å². The van der Waals surface area contributed by atoms with Gasteiger partial charge in [0.1, 0.15) is 12.4 Å². The van der Waals surface area contributed by atoms with E-state index in [4.69, 9.17) is 4.74 Å². The first-order valence-electron chi connectivity index (χ1n) is 4.92. The fraction of sp³-hybridized carbons (Fsp3) is 0.273. The lowest BCUT2D eigenvalue weighted by molar-refractivity contribution is -0.384. The van der Waals surface area contributed by atoms with E-state index in [0.29, 0.717) is 23.4 Å². The van der Waals surface area contributed by atoms with E-state index in [-0.39, 0.29) is 5.69 Å². The van der Waals surface area contributed by atoms with E-state index in [1.165, 1.54) is 12.1 Å². The summed E-state index contributed by atoms with van der Waals surface area (Å²) in [5, 5.41) is 13.6. The van der Waals surface area contributed by atoms with Crippen molar-refractivity contribution in [3.63, 3.8) is 0 Å². The maximum absolute atomic E-state index is 10.6. The van der Waals surface area contributed by atoms with Crippen molar-refractivity contribution >= 4 is 21.6 Å². The summed E-state index contributed by atoms with van der Waals surface area (Å²) in [6, 6.07) is 4.39. The van der Waals surface area contributed by atoms with Crippen LogP contribution in [0.25, 0.3) is 0 Å². The van der Waals surface area contributed by atoms with Gasteiger partial charge in [-0.1, -0.05) is 6.58 Å². The highest BCUT2D eigenvalue weighted by Gasteiger charge is 2.10. The molecular weight excluding hydrogens is 288 g/mol. The van der Waals surface area contributed by atoms with Crippen LogP contribution in [0, 0.1) is 10.1 Å². The van der Waals surface area contributed by atoms with Crippen LogP contribution in [-0.4, -0.2) is 25.1 Å². The Morgan fingerprint density at radius 1 is 1.65 bits per heavy atom. The quantitative estimate of drug-likeness (QED) is 0.498. The summed E-state index contributed by atoms with van der Waals surface area (Å²) in [6.07, 6.45) is 0. The van der Waals surface area contributed by atoms with E-state index in [9.17, 15) is 10.1 Å². The van der Waals surface area contributed by atoms with Crippen molar-refractivity contribution < 1.29 is 9.66 Å². The monoisotopic (exact) mass is 300 g/mol. The summed E-state index contributed by atoms with van der Waals surface area (Å²) in [6.45, 7) is 4.78. The number of halogens is 1. The van der Waals surface area contributed by atoms with E-state index >= 15 is 0 Å². The largest absolute Gasteiger partial charge is 0.488 e. The van der Waals surface area contributed by atoms with Gasteiger partial charge < -0.3 is 10.1 Å². The van der Waals surface area contributed by atoms with Gasteiger partial charge in [-0.3, -0.25) is 10.1 Å². The molecule has 1 aromatic carbocycles. The second kappa shape index (κ2) is 6.36. The van der Waals surface area contributed by atoms with Crippen molar-refractivity contribution in [3.8, 4) is 5.75 Å². The fourth-order valence-electron chi connectivity index (χ4n) is 1.20.